The molecule has 0 spiro atoms. The number of ether oxygens (including phenoxy) is 1. The molecule has 2 aromatic rings. The topological polar surface area (TPSA) is 103 Å². The van der Waals surface area contributed by atoms with Gasteiger partial charge < -0.3 is 20.3 Å². The number of amides is 1. The fraction of sp³-hybridized carbons (Fsp3) is 0.400. The molecular weight excluding hydrogens is 320 g/mol. The average Bonchev–Trinajstić information content (AvgIpc) is 2.97. The molecule has 8 heteroatoms. The van der Waals surface area contributed by atoms with Gasteiger partial charge in [0.15, 0.2) is 5.82 Å². The predicted octanol–water partition coefficient (Wildman–Crippen LogP) is 1.23. The van der Waals surface area contributed by atoms with Crippen molar-refractivity contribution in [3.63, 3.8) is 0 Å². The van der Waals surface area contributed by atoms with Crippen molar-refractivity contribution < 1.29 is 14.1 Å². The lowest BCUT2D eigenvalue weighted by atomic mass is 10.1. The second kappa shape index (κ2) is 9.24. The van der Waals surface area contributed by atoms with Crippen molar-refractivity contribution >= 4 is 18.3 Å². The molecule has 0 fully saturated rings. The van der Waals surface area contributed by atoms with E-state index < -0.39 is 6.04 Å². The van der Waals surface area contributed by atoms with Crippen LogP contribution in [0.25, 0.3) is 0 Å². The number of carbonyl (C=O) groups is 1. The predicted molar refractivity (Wildman–Crippen MR) is 87.2 cm³/mol. The van der Waals surface area contributed by atoms with Crippen molar-refractivity contribution in [2.24, 2.45) is 5.73 Å². The molecule has 2 unspecified atom stereocenters. The largest absolute Gasteiger partial charge is 0.383 e. The van der Waals surface area contributed by atoms with Crippen molar-refractivity contribution in [2.45, 2.75) is 25.4 Å². The molecule has 2 atom stereocenters. The van der Waals surface area contributed by atoms with Crippen molar-refractivity contribution in [1.29, 1.82) is 0 Å². The van der Waals surface area contributed by atoms with Gasteiger partial charge in [-0.1, -0.05) is 35.5 Å². The van der Waals surface area contributed by atoms with Gasteiger partial charge in [0.25, 0.3) is 0 Å². The Bertz CT molecular complexity index is 606. The molecule has 0 aliphatic heterocycles. The van der Waals surface area contributed by atoms with E-state index in [0.29, 0.717) is 18.1 Å². The molecule has 23 heavy (non-hydrogen) atoms. The maximum absolute atomic E-state index is 11.8. The standard InChI is InChI=1S/C15H20N4O3.ClH/c1-10(17-15(20)12(16)9-21-2)14-18-13(22-19-14)8-11-6-4-3-5-7-11;/h3-7,10,12H,8-9,16H2,1-2H3,(H,17,20);1H. The summed E-state index contributed by atoms with van der Waals surface area (Å²) in [7, 11) is 1.49. The number of nitrogens with two attached hydrogens (primary N) is 1. The van der Waals surface area contributed by atoms with Crippen molar-refractivity contribution in [2.75, 3.05) is 13.7 Å². The Labute approximate surface area is 141 Å². The Kier molecular flexibility index (Phi) is 7.67. The minimum atomic E-state index is -0.719. The third kappa shape index (κ3) is 5.63. The molecule has 1 heterocycles. The highest BCUT2D eigenvalue weighted by molar-refractivity contribution is 5.85. The molecule has 0 radical (unpaired) electrons. The Morgan fingerprint density at radius 2 is 2.09 bits per heavy atom. The number of aromatic nitrogens is 2. The van der Waals surface area contributed by atoms with E-state index in [0.717, 1.165) is 5.56 Å². The molecule has 0 aliphatic rings. The molecule has 3 N–H and O–H groups in total. The van der Waals surface area contributed by atoms with Gasteiger partial charge >= 0.3 is 0 Å². The quantitative estimate of drug-likeness (QED) is 0.785. The lowest BCUT2D eigenvalue weighted by Gasteiger charge is -2.14. The number of nitrogens with zero attached hydrogens (tertiary/aromatic N) is 2. The number of carbonyl (C=O) groups excluding carboxylic acids is 1. The van der Waals surface area contributed by atoms with Gasteiger partial charge in [0.1, 0.15) is 6.04 Å². The summed E-state index contributed by atoms with van der Waals surface area (Å²) in [6.45, 7) is 1.93. The van der Waals surface area contributed by atoms with E-state index in [4.69, 9.17) is 15.0 Å². The Morgan fingerprint density at radius 1 is 1.39 bits per heavy atom. The summed E-state index contributed by atoms with van der Waals surface area (Å²) in [6, 6.07) is 8.72. The van der Waals surface area contributed by atoms with Crippen molar-refractivity contribution in [3.8, 4) is 0 Å². The highest BCUT2D eigenvalue weighted by Gasteiger charge is 2.20. The third-order valence-corrected chi connectivity index (χ3v) is 3.11. The maximum Gasteiger partial charge on any atom is 0.239 e. The van der Waals surface area contributed by atoms with Crippen LogP contribution in [-0.4, -0.2) is 35.8 Å². The summed E-state index contributed by atoms with van der Waals surface area (Å²) < 4.78 is 10.1. The van der Waals surface area contributed by atoms with E-state index in [1.165, 1.54) is 7.11 Å². The Morgan fingerprint density at radius 3 is 2.74 bits per heavy atom. The van der Waals surface area contributed by atoms with Gasteiger partial charge in [-0.2, -0.15) is 4.98 Å². The minimum Gasteiger partial charge on any atom is -0.383 e. The lowest BCUT2D eigenvalue weighted by Crippen LogP contribution is -2.44. The van der Waals surface area contributed by atoms with Gasteiger partial charge in [0.2, 0.25) is 11.8 Å². The molecule has 1 amide bonds. The first-order chi connectivity index (χ1) is 10.6. The number of rotatable bonds is 7. The summed E-state index contributed by atoms with van der Waals surface area (Å²) >= 11 is 0. The third-order valence-electron chi connectivity index (χ3n) is 3.11. The van der Waals surface area contributed by atoms with E-state index in [9.17, 15) is 4.79 Å². The van der Waals surface area contributed by atoms with Crippen LogP contribution < -0.4 is 11.1 Å². The highest BCUT2D eigenvalue weighted by atomic mass is 35.5. The van der Waals surface area contributed by atoms with Crippen molar-refractivity contribution in [1.82, 2.24) is 15.5 Å². The van der Waals surface area contributed by atoms with E-state index in [1.807, 2.05) is 30.3 Å². The van der Waals surface area contributed by atoms with Crippen LogP contribution in [0.1, 0.15) is 30.2 Å². The lowest BCUT2D eigenvalue weighted by molar-refractivity contribution is -0.124. The summed E-state index contributed by atoms with van der Waals surface area (Å²) in [5.41, 5.74) is 6.74. The Balaban J connectivity index is 0.00000264. The van der Waals surface area contributed by atoms with Crippen LogP contribution in [0, 0.1) is 0 Å². The molecule has 7 nitrogen and oxygen atoms in total. The normalized spacial score (nSPS) is 13.0. The highest BCUT2D eigenvalue weighted by Crippen LogP contribution is 2.12. The second-order valence-electron chi connectivity index (χ2n) is 5.00. The van der Waals surface area contributed by atoms with Gasteiger partial charge in [-0.3, -0.25) is 4.79 Å². The van der Waals surface area contributed by atoms with Crippen LogP contribution in [0.4, 0.5) is 0 Å². The summed E-state index contributed by atoms with van der Waals surface area (Å²) in [4.78, 5) is 16.1. The van der Waals surface area contributed by atoms with Crippen LogP contribution in [0.15, 0.2) is 34.9 Å². The number of nitrogens with one attached hydrogen (secondary N) is 1. The molecular formula is C15H21ClN4O3. The van der Waals surface area contributed by atoms with Crippen LogP contribution in [0.5, 0.6) is 0 Å². The number of benzene rings is 1. The van der Waals surface area contributed by atoms with Gasteiger partial charge in [-0.25, -0.2) is 0 Å². The van der Waals surface area contributed by atoms with Gasteiger partial charge in [-0.15, -0.1) is 12.4 Å². The van der Waals surface area contributed by atoms with E-state index in [2.05, 4.69) is 15.5 Å². The molecule has 126 valence electrons. The summed E-state index contributed by atoms with van der Waals surface area (Å²) in [5, 5.41) is 6.63. The maximum atomic E-state index is 11.8. The zero-order valence-electron chi connectivity index (χ0n) is 13.1. The molecule has 0 saturated carbocycles. The molecule has 2 rings (SSSR count). The molecule has 0 saturated heterocycles. The number of methoxy groups -OCH3 is 1. The fourth-order valence-corrected chi connectivity index (χ4v) is 1.93. The Hall–Kier alpha value is -1.96. The first-order valence-electron chi connectivity index (χ1n) is 7.01. The smallest absolute Gasteiger partial charge is 0.239 e. The van der Waals surface area contributed by atoms with E-state index >= 15 is 0 Å². The summed E-state index contributed by atoms with van der Waals surface area (Å²) in [6.07, 6.45) is 0.553. The minimum absolute atomic E-state index is 0. The second-order valence-corrected chi connectivity index (χ2v) is 5.00. The number of hydrogen-bond donors (Lipinski definition) is 2. The zero-order chi connectivity index (χ0) is 15.9. The van der Waals surface area contributed by atoms with Crippen LogP contribution >= 0.6 is 12.4 Å². The van der Waals surface area contributed by atoms with Gasteiger partial charge in [0.05, 0.1) is 19.1 Å². The zero-order valence-corrected chi connectivity index (χ0v) is 13.9. The van der Waals surface area contributed by atoms with Crippen LogP contribution in [0.2, 0.25) is 0 Å². The first kappa shape index (κ1) is 19.1. The molecule has 1 aromatic carbocycles. The van der Waals surface area contributed by atoms with Gasteiger partial charge in [0, 0.05) is 7.11 Å². The first-order valence-corrected chi connectivity index (χ1v) is 7.01. The average molecular weight is 341 g/mol. The SMILES string of the molecule is COCC(N)C(=O)NC(C)c1noc(Cc2ccccc2)n1.Cl. The van der Waals surface area contributed by atoms with Crippen LogP contribution in [0.3, 0.4) is 0 Å². The van der Waals surface area contributed by atoms with E-state index in [-0.39, 0.29) is 31.0 Å². The monoisotopic (exact) mass is 340 g/mol. The molecule has 0 aliphatic carbocycles. The van der Waals surface area contributed by atoms with Gasteiger partial charge in [-0.05, 0) is 12.5 Å². The fourth-order valence-electron chi connectivity index (χ4n) is 1.93. The molecule has 0 bridgehead atoms. The number of hydrogen-bond acceptors (Lipinski definition) is 6. The number of halogens is 1. The van der Waals surface area contributed by atoms with Crippen LogP contribution in [-0.2, 0) is 16.0 Å². The van der Waals surface area contributed by atoms with E-state index in [1.54, 1.807) is 6.92 Å². The van der Waals surface area contributed by atoms with Crippen molar-refractivity contribution in [3.05, 3.63) is 47.6 Å². The molecule has 1 aromatic heterocycles. The summed E-state index contributed by atoms with van der Waals surface area (Å²) in [5.74, 6) is 0.608.